The van der Waals surface area contributed by atoms with E-state index in [0.717, 1.165) is 11.3 Å². The maximum atomic E-state index is 12.4. The summed E-state index contributed by atoms with van der Waals surface area (Å²) >= 11 is 0. The molecule has 0 bridgehead atoms. The summed E-state index contributed by atoms with van der Waals surface area (Å²) in [6, 6.07) is 12.4. The van der Waals surface area contributed by atoms with E-state index >= 15 is 0 Å². The summed E-state index contributed by atoms with van der Waals surface area (Å²) in [5.74, 6) is -0.304. The molecule has 0 aliphatic carbocycles. The standard InChI is InChI=1S/C21H25NO5/c1-14(8-16-6-4-5-7-19(16)27-3)9-20(23)22-18-11-15(13-26-2)10-17(12-18)21(24)25/h4-7,10-12,14H,8-9,13H2,1-3H3,(H,22,23)(H,24,25). The molecule has 0 aromatic heterocycles. The van der Waals surface area contributed by atoms with Crippen molar-refractivity contribution in [3.63, 3.8) is 0 Å². The Labute approximate surface area is 159 Å². The predicted molar refractivity (Wildman–Crippen MR) is 103 cm³/mol. The van der Waals surface area contributed by atoms with Crippen molar-refractivity contribution >= 4 is 17.6 Å². The van der Waals surface area contributed by atoms with Crippen LogP contribution in [0.15, 0.2) is 42.5 Å². The SMILES string of the molecule is COCc1cc(NC(=O)CC(C)Cc2ccccc2OC)cc(C(=O)O)c1. The molecule has 2 rings (SSSR count). The fourth-order valence-corrected chi connectivity index (χ4v) is 2.99. The van der Waals surface area contributed by atoms with Crippen LogP contribution in [0.3, 0.4) is 0 Å². The number of benzene rings is 2. The molecule has 0 fully saturated rings. The van der Waals surface area contributed by atoms with Crippen molar-refractivity contribution in [3.05, 3.63) is 59.2 Å². The molecule has 1 amide bonds. The van der Waals surface area contributed by atoms with Crippen LogP contribution in [0.1, 0.15) is 34.8 Å². The number of nitrogens with one attached hydrogen (secondary N) is 1. The van der Waals surface area contributed by atoms with Crippen molar-refractivity contribution in [2.24, 2.45) is 5.92 Å². The van der Waals surface area contributed by atoms with E-state index in [0.29, 0.717) is 24.1 Å². The molecule has 0 aliphatic heterocycles. The Morgan fingerprint density at radius 3 is 2.56 bits per heavy atom. The van der Waals surface area contributed by atoms with Gasteiger partial charge in [0.2, 0.25) is 5.91 Å². The lowest BCUT2D eigenvalue weighted by molar-refractivity contribution is -0.116. The van der Waals surface area contributed by atoms with Crippen LogP contribution in [0.5, 0.6) is 5.75 Å². The summed E-state index contributed by atoms with van der Waals surface area (Å²) in [5.41, 5.74) is 2.31. The Hall–Kier alpha value is -2.86. The smallest absolute Gasteiger partial charge is 0.335 e. The number of ether oxygens (including phenoxy) is 2. The molecule has 2 aromatic carbocycles. The Kier molecular flexibility index (Phi) is 7.37. The van der Waals surface area contributed by atoms with Crippen molar-refractivity contribution in [3.8, 4) is 5.75 Å². The van der Waals surface area contributed by atoms with Crippen LogP contribution in [0.2, 0.25) is 0 Å². The number of para-hydroxylation sites is 1. The second-order valence-corrected chi connectivity index (χ2v) is 6.53. The zero-order valence-corrected chi connectivity index (χ0v) is 15.8. The summed E-state index contributed by atoms with van der Waals surface area (Å²) < 4.78 is 10.4. The number of carbonyl (C=O) groups excluding carboxylic acids is 1. The van der Waals surface area contributed by atoms with E-state index in [9.17, 15) is 14.7 Å². The maximum absolute atomic E-state index is 12.4. The first-order valence-electron chi connectivity index (χ1n) is 8.71. The van der Waals surface area contributed by atoms with Crippen LogP contribution in [0.25, 0.3) is 0 Å². The minimum atomic E-state index is -1.05. The highest BCUT2D eigenvalue weighted by Crippen LogP contribution is 2.23. The molecular weight excluding hydrogens is 346 g/mol. The van der Waals surface area contributed by atoms with Gasteiger partial charge in [-0.2, -0.15) is 0 Å². The van der Waals surface area contributed by atoms with E-state index in [1.807, 2.05) is 31.2 Å². The number of amides is 1. The lowest BCUT2D eigenvalue weighted by atomic mass is 9.97. The van der Waals surface area contributed by atoms with Crippen molar-refractivity contribution in [2.75, 3.05) is 19.5 Å². The number of rotatable bonds is 9. The number of anilines is 1. The van der Waals surface area contributed by atoms with Gasteiger partial charge in [0.1, 0.15) is 5.75 Å². The van der Waals surface area contributed by atoms with E-state index in [2.05, 4.69) is 5.32 Å². The topological polar surface area (TPSA) is 84.9 Å². The minimum absolute atomic E-state index is 0.0994. The Morgan fingerprint density at radius 1 is 1.15 bits per heavy atom. The second-order valence-electron chi connectivity index (χ2n) is 6.53. The van der Waals surface area contributed by atoms with Crippen LogP contribution < -0.4 is 10.1 Å². The molecule has 0 heterocycles. The minimum Gasteiger partial charge on any atom is -0.496 e. The highest BCUT2D eigenvalue weighted by molar-refractivity contribution is 5.94. The zero-order chi connectivity index (χ0) is 19.8. The highest BCUT2D eigenvalue weighted by Gasteiger charge is 2.14. The summed E-state index contributed by atoms with van der Waals surface area (Å²) in [6.45, 7) is 2.27. The third-order valence-corrected chi connectivity index (χ3v) is 4.13. The van der Waals surface area contributed by atoms with E-state index in [1.54, 1.807) is 13.2 Å². The third kappa shape index (κ3) is 6.11. The number of hydrogen-bond acceptors (Lipinski definition) is 4. The van der Waals surface area contributed by atoms with E-state index in [1.165, 1.54) is 19.2 Å². The molecule has 1 unspecified atom stereocenters. The molecule has 0 radical (unpaired) electrons. The molecule has 144 valence electrons. The Balaban J connectivity index is 2.03. The van der Waals surface area contributed by atoms with Gasteiger partial charge in [-0.1, -0.05) is 25.1 Å². The molecule has 6 heteroatoms. The first-order chi connectivity index (χ1) is 12.9. The monoisotopic (exact) mass is 371 g/mol. The van der Waals surface area contributed by atoms with Gasteiger partial charge in [0.05, 0.1) is 19.3 Å². The van der Waals surface area contributed by atoms with Crippen LogP contribution in [-0.2, 0) is 22.6 Å². The van der Waals surface area contributed by atoms with Gasteiger partial charge >= 0.3 is 5.97 Å². The zero-order valence-electron chi connectivity index (χ0n) is 15.8. The van der Waals surface area contributed by atoms with Crippen LogP contribution in [-0.4, -0.2) is 31.2 Å². The van der Waals surface area contributed by atoms with E-state index < -0.39 is 5.97 Å². The summed E-state index contributed by atoms with van der Waals surface area (Å²) in [7, 11) is 3.16. The molecule has 6 nitrogen and oxygen atoms in total. The molecule has 0 spiro atoms. The van der Waals surface area contributed by atoms with Crippen molar-refractivity contribution in [1.29, 1.82) is 0 Å². The molecular formula is C21H25NO5. The first-order valence-corrected chi connectivity index (χ1v) is 8.71. The van der Waals surface area contributed by atoms with Gasteiger partial charge in [-0.25, -0.2) is 4.79 Å². The number of methoxy groups -OCH3 is 2. The first kappa shape index (κ1) is 20.5. The molecule has 2 aromatic rings. The molecule has 0 saturated carbocycles. The average molecular weight is 371 g/mol. The molecule has 0 aliphatic rings. The van der Waals surface area contributed by atoms with Crippen LogP contribution >= 0.6 is 0 Å². The molecule has 0 saturated heterocycles. The number of aromatic carboxylic acids is 1. The number of carbonyl (C=O) groups is 2. The van der Waals surface area contributed by atoms with Crippen LogP contribution in [0.4, 0.5) is 5.69 Å². The van der Waals surface area contributed by atoms with Gasteiger partial charge in [-0.3, -0.25) is 4.79 Å². The predicted octanol–water partition coefficient (Wildman–Crippen LogP) is 3.75. The van der Waals surface area contributed by atoms with Crippen molar-refractivity contribution in [1.82, 2.24) is 0 Å². The van der Waals surface area contributed by atoms with Crippen LogP contribution in [0, 0.1) is 5.92 Å². The van der Waals surface area contributed by atoms with Gasteiger partial charge in [0.15, 0.2) is 0 Å². The molecule has 27 heavy (non-hydrogen) atoms. The van der Waals surface area contributed by atoms with E-state index in [-0.39, 0.29) is 24.0 Å². The maximum Gasteiger partial charge on any atom is 0.335 e. The summed E-state index contributed by atoms with van der Waals surface area (Å²) in [4.78, 5) is 23.7. The van der Waals surface area contributed by atoms with Gasteiger partial charge in [-0.05, 0) is 47.7 Å². The fourth-order valence-electron chi connectivity index (χ4n) is 2.99. The molecule has 1 atom stereocenters. The number of carboxylic acid groups (broad SMARTS) is 1. The van der Waals surface area contributed by atoms with Crippen molar-refractivity contribution in [2.45, 2.75) is 26.4 Å². The lowest BCUT2D eigenvalue weighted by Crippen LogP contribution is -2.17. The quantitative estimate of drug-likeness (QED) is 0.701. The average Bonchev–Trinajstić information content (AvgIpc) is 2.61. The Morgan fingerprint density at radius 2 is 1.89 bits per heavy atom. The van der Waals surface area contributed by atoms with Gasteiger partial charge in [0, 0.05) is 19.2 Å². The Bertz CT molecular complexity index is 803. The molecule has 2 N–H and O–H groups in total. The fraction of sp³-hybridized carbons (Fsp3) is 0.333. The van der Waals surface area contributed by atoms with Gasteiger partial charge < -0.3 is 19.9 Å². The number of carboxylic acids is 1. The van der Waals surface area contributed by atoms with Crippen molar-refractivity contribution < 1.29 is 24.2 Å². The summed E-state index contributed by atoms with van der Waals surface area (Å²) in [5, 5.41) is 12.0. The van der Waals surface area contributed by atoms with Gasteiger partial charge in [-0.15, -0.1) is 0 Å². The van der Waals surface area contributed by atoms with Gasteiger partial charge in [0.25, 0.3) is 0 Å². The third-order valence-electron chi connectivity index (χ3n) is 4.13. The van der Waals surface area contributed by atoms with E-state index in [4.69, 9.17) is 9.47 Å². The lowest BCUT2D eigenvalue weighted by Gasteiger charge is -2.15. The second kappa shape index (κ2) is 9.73. The summed E-state index contributed by atoms with van der Waals surface area (Å²) in [6.07, 6.45) is 1.02. The largest absolute Gasteiger partial charge is 0.496 e. The highest BCUT2D eigenvalue weighted by atomic mass is 16.5. The normalized spacial score (nSPS) is 11.7. The number of hydrogen-bond donors (Lipinski definition) is 2.